The fourth-order valence-electron chi connectivity index (χ4n) is 2.34. The lowest BCUT2D eigenvalue weighted by Gasteiger charge is -2.20. The highest BCUT2D eigenvalue weighted by molar-refractivity contribution is 14.1. The number of hydrogen-bond acceptors (Lipinski definition) is 1. The van der Waals surface area contributed by atoms with Gasteiger partial charge in [0.15, 0.2) is 0 Å². The van der Waals surface area contributed by atoms with Crippen molar-refractivity contribution in [1.82, 2.24) is 5.32 Å². The first-order valence-corrected chi connectivity index (χ1v) is 7.76. The minimum atomic E-state index is 0.262. The highest BCUT2D eigenvalue weighted by atomic mass is 127. The van der Waals surface area contributed by atoms with Crippen LogP contribution in [0.25, 0.3) is 0 Å². The minimum Gasteiger partial charge on any atom is -0.309 e. The zero-order valence-electron chi connectivity index (χ0n) is 11.7. The van der Waals surface area contributed by atoms with Gasteiger partial charge in [0.1, 0.15) is 0 Å². The highest BCUT2D eigenvalue weighted by Gasteiger charge is 2.15. The topological polar surface area (TPSA) is 12.0 Å². The van der Waals surface area contributed by atoms with Crippen LogP contribution in [0, 0.1) is 10.5 Å². The Balaban J connectivity index is 2.40. The molecule has 0 spiro atoms. The lowest BCUT2D eigenvalue weighted by Crippen LogP contribution is -2.19. The Morgan fingerprint density at radius 2 is 1.79 bits per heavy atom. The average Bonchev–Trinajstić information content (AvgIpc) is 2.45. The van der Waals surface area contributed by atoms with E-state index < -0.39 is 0 Å². The van der Waals surface area contributed by atoms with Crippen molar-refractivity contribution < 1.29 is 0 Å². The summed E-state index contributed by atoms with van der Waals surface area (Å²) in [7, 11) is 2.02. The van der Waals surface area contributed by atoms with E-state index in [4.69, 9.17) is 0 Å². The zero-order chi connectivity index (χ0) is 13.8. The van der Waals surface area contributed by atoms with E-state index in [9.17, 15) is 0 Å². The molecule has 0 amide bonds. The van der Waals surface area contributed by atoms with Gasteiger partial charge in [-0.25, -0.2) is 0 Å². The van der Waals surface area contributed by atoms with Crippen molar-refractivity contribution in [3.8, 4) is 0 Å². The monoisotopic (exact) mass is 365 g/mol. The molecule has 0 fully saturated rings. The van der Waals surface area contributed by atoms with Gasteiger partial charge in [-0.05, 0) is 65.2 Å². The van der Waals surface area contributed by atoms with Gasteiger partial charge in [0.25, 0.3) is 0 Å². The van der Waals surface area contributed by atoms with Gasteiger partial charge >= 0.3 is 0 Å². The number of halogens is 1. The van der Waals surface area contributed by atoms with E-state index in [1.807, 2.05) is 7.05 Å². The van der Waals surface area contributed by atoms with Crippen molar-refractivity contribution in [1.29, 1.82) is 0 Å². The highest BCUT2D eigenvalue weighted by Crippen LogP contribution is 2.28. The Kier molecular flexibility index (Phi) is 4.99. The van der Waals surface area contributed by atoms with Gasteiger partial charge < -0.3 is 5.32 Å². The van der Waals surface area contributed by atoms with Crippen molar-refractivity contribution in [2.45, 2.75) is 26.3 Å². The van der Waals surface area contributed by atoms with Crippen LogP contribution in [-0.4, -0.2) is 7.05 Å². The summed E-state index contributed by atoms with van der Waals surface area (Å²) in [6, 6.07) is 15.7. The van der Waals surface area contributed by atoms with Gasteiger partial charge in [-0.15, -0.1) is 0 Å². The number of hydrogen-bond donors (Lipinski definition) is 1. The quantitative estimate of drug-likeness (QED) is 0.789. The second-order valence-electron chi connectivity index (χ2n) is 4.79. The second kappa shape index (κ2) is 6.53. The molecule has 19 heavy (non-hydrogen) atoms. The summed E-state index contributed by atoms with van der Waals surface area (Å²) in [6.07, 6.45) is 1.09. The molecule has 1 unspecified atom stereocenters. The number of aryl methyl sites for hydroxylation is 2. The first-order chi connectivity index (χ1) is 9.17. The Morgan fingerprint density at radius 1 is 1.11 bits per heavy atom. The van der Waals surface area contributed by atoms with E-state index in [2.05, 4.69) is 84.2 Å². The molecule has 1 atom stereocenters. The summed E-state index contributed by atoms with van der Waals surface area (Å²) >= 11 is 2.44. The van der Waals surface area contributed by atoms with Crippen LogP contribution in [-0.2, 0) is 6.42 Å². The fraction of sp³-hybridized carbons (Fsp3) is 0.294. The molecule has 0 bridgehead atoms. The SMILES string of the molecule is CCc1ccc(C(NC)c2cccc(C)c2I)cc1. The largest absolute Gasteiger partial charge is 0.309 e. The molecule has 1 nitrogen and oxygen atoms in total. The summed E-state index contributed by atoms with van der Waals surface area (Å²) in [6.45, 7) is 4.35. The lowest BCUT2D eigenvalue weighted by atomic mass is 9.96. The third-order valence-electron chi connectivity index (χ3n) is 3.54. The van der Waals surface area contributed by atoms with E-state index in [-0.39, 0.29) is 6.04 Å². The maximum absolute atomic E-state index is 3.44. The molecule has 0 heterocycles. The molecule has 2 aromatic carbocycles. The lowest BCUT2D eigenvalue weighted by molar-refractivity contribution is 0.687. The molecule has 0 saturated heterocycles. The molecular formula is C17H20IN. The Labute approximate surface area is 129 Å². The number of benzene rings is 2. The van der Waals surface area contributed by atoms with Crippen LogP contribution in [0.1, 0.15) is 35.2 Å². The van der Waals surface area contributed by atoms with Crippen molar-refractivity contribution in [2.75, 3.05) is 7.05 Å². The van der Waals surface area contributed by atoms with Crippen LogP contribution >= 0.6 is 22.6 Å². The van der Waals surface area contributed by atoms with Gasteiger partial charge in [-0.3, -0.25) is 0 Å². The van der Waals surface area contributed by atoms with Gasteiger partial charge in [-0.2, -0.15) is 0 Å². The fourth-order valence-corrected chi connectivity index (χ4v) is 3.01. The van der Waals surface area contributed by atoms with Crippen LogP contribution < -0.4 is 5.32 Å². The molecule has 0 radical (unpaired) electrons. The average molecular weight is 365 g/mol. The molecule has 0 aliphatic carbocycles. The van der Waals surface area contributed by atoms with Crippen LogP contribution in [0.5, 0.6) is 0 Å². The predicted molar refractivity (Wildman–Crippen MR) is 90.6 cm³/mol. The summed E-state index contributed by atoms with van der Waals surface area (Å²) in [5.74, 6) is 0. The Bertz CT molecular complexity index is 546. The van der Waals surface area contributed by atoms with E-state index in [1.54, 1.807) is 0 Å². The van der Waals surface area contributed by atoms with E-state index in [0.29, 0.717) is 0 Å². The first-order valence-electron chi connectivity index (χ1n) is 6.68. The Morgan fingerprint density at radius 3 is 2.37 bits per heavy atom. The van der Waals surface area contributed by atoms with E-state index in [1.165, 1.54) is 25.8 Å². The maximum Gasteiger partial charge on any atom is 0.0584 e. The predicted octanol–water partition coefficient (Wildman–Crippen LogP) is 4.47. The van der Waals surface area contributed by atoms with Crippen molar-refractivity contribution in [3.05, 3.63) is 68.3 Å². The molecule has 0 aliphatic heterocycles. The summed E-state index contributed by atoms with van der Waals surface area (Å²) in [5, 5.41) is 3.44. The van der Waals surface area contributed by atoms with Crippen LogP contribution in [0.2, 0.25) is 0 Å². The number of nitrogens with one attached hydrogen (secondary N) is 1. The molecule has 0 saturated carbocycles. The standard InChI is InChI=1S/C17H20IN/c1-4-13-8-10-14(11-9-13)17(19-3)15-7-5-6-12(2)16(15)18/h5-11,17,19H,4H2,1-3H3. The van der Waals surface area contributed by atoms with E-state index in [0.717, 1.165) is 6.42 Å². The zero-order valence-corrected chi connectivity index (χ0v) is 13.9. The third-order valence-corrected chi connectivity index (χ3v) is 5.02. The molecule has 1 N–H and O–H groups in total. The normalized spacial score (nSPS) is 12.4. The third kappa shape index (κ3) is 3.18. The first kappa shape index (κ1) is 14.5. The summed E-state index contributed by atoms with van der Waals surface area (Å²) in [5.41, 5.74) is 5.40. The maximum atomic E-state index is 3.44. The molecular weight excluding hydrogens is 345 g/mol. The van der Waals surface area contributed by atoms with Gasteiger partial charge in [0.05, 0.1) is 6.04 Å². The minimum absolute atomic E-state index is 0.262. The molecule has 2 aromatic rings. The molecule has 2 rings (SSSR count). The van der Waals surface area contributed by atoms with Crippen LogP contribution in [0.15, 0.2) is 42.5 Å². The molecule has 0 aromatic heterocycles. The second-order valence-corrected chi connectivity index (χ2v) is 5.87. The van der Waals surface area contributed by atoms with E-state index >= 15 is 0 Å². The van der Waals surface area contributed by atoms with Crippen molar-refractivity contribution in [2.24, 2.45) is 0 Å². The molecule has 2 heteroatoms. The van der Waals surface area contributed by atoms with Gasteiger partial charge in [-0.1, -0.05) is 49.4 Å². The van der Waals surface area contributed by atoms with Crippen molar-refractivity contribution >= 4 is 22.6 Å². The van der Waals surface area contributed by atoms with Crippen LogP contribution in [0.4, 0.5) is 0 Å². The Hall–Kier alpha value is -0.870. The summed E-state index contributed by atoms with van der Waals surface area (Å²) in [4.78, 5) is 0. The number of rotatable bonds is 4. The smallest absolute Gasteiger partial charge is 0.0584 e. The van der Waals surface area contributed by atoms with Gasteiger partial charge in [0, 0.05) is 3.57 Å². The van der Waals surface area contributed by atoms with Gasteiger partial charge in [0.2, 0.25) is 0 Å². The molecule has 100 valence electrons. The molecule has 0 aliphatic rings. The van der Waals surface area contributed by atoms with Crippen molar-refractivity contribution in [3.63, 3.8) is 0 Å². The summed E-state index contributed by atoms with van der Waals surface area (Å²) < 4.78 is 1.35. The van der Waals surface area contributed by atoms with Crippen LogP contribution in [0.3, 0.4) is 0 Å².